The van der Waals surface area contributed by atoms with Gasteiger partial charge < -0.3 is 15.8 Å². The van der Waals surface area contributed by atoms with E-state index in [2.05, 4.69) is 5.32 Å². The predicted octanol–water partition coefficient (Wildman–Crippen LogP) is 2.67. The largest absolute Gasteiger partial charge is 0.494 e. The lowest BCUT2D eigenvalue weighted by Crippen LogP contribution is -2.39. The van der Waals surface area contributed by atoms with Gasteiger partial charge in [0, 0.05) is 12.0 Å². The minimum atomic E-state index is -0.197. The molecule has 0 spiro atoms. The normalized spacial score (nSPS) is 14.7. The zero-order valence-corrected chi connectivity index (χ0v) is 13.4. The summed E-state index contributed by atoms with van der Waals surface area (Å²) in [5.74, 6) is 0.600. The van der Waals surface area contributed by atoms with Crippen LogP contribution in [0.1, 0.15) is 39.3 Å². The first-order valence-electron chi connectivity index (χ1n) is 6.74. The maximum Gasteiger partial charge on any atom is 0.224 e. The fourth-order valence-electron chi connectivity index (χ4n) is 1.71. The van der Waals surface area contributed by atoms with Crippen molar-refractivity contribution in [1.29, 1.82) is 0 Å². The second kappa shape index (κ2) is 8.82. The second-order valence-corrected chi connectivity index (χ2v) is 4.88. The summed E-state index contributed by atoms with van der Waals surface area (Å²) >= 11 is 0. The maximum atomic E-state index is 12.0. The number of benzene rings is 1. The molecule has 0 bridgehead atoms. The van der Waals surface area contributed by atoms with Gasteiger partial charge in [-0.25, -0.2) is 0 Å². The highest BCUT2D eigenvalue weighted by molar-refractivity contribution is 5.85. The van der Waals surface area contributed by atoms with Gasteiger partial charge in [0.1, 0.15) is 5.75 Å². The summed E-state index contributed by atoms with van der Waals surface area (Å²) in [4.78, 5) is 12.0. The highest BCUT2D eigenvalue weighted by Crippen LogP contribution is 2.19. The molecule has 5 heteroatoms. The van der Waals surface area contributed by atoms with Crippen molar-refractivity contribution in [3.8, 4) is 5.75 Å². The van der Waals surface area contributed by atoms with E-state index in [1.165, 1.54) is 0 Å². The summed E-state index contributed by atoms with van der Waals surface area (Å²) in [6.45, 7) is 8.21. The third kappa shape index (κ3) is 5.39. The Hall–Kier alpha value is -1.26. The molecular weight excluding hydrogens is 276 g/mol. The Kier molecular flexibility index (Phi) is 8.26. The van der Waals surface area contributed by atoms with Crippen LogP contribution in [-0.2, 0) is 4.79 Å². The number of nitrogens with one attached hydrogen (secondary N) is 1. The molecule has 0 fully saturated rings. The van der Waals surface area contributed by atoms with E-state index in [-0.39, 0.29) is 36.3 Å². The summed E-state index contributed by atoms with van der Waals surface area (Å²) in [5.41, 5.74) is 6.76. The Morgan fingerprint density at radius 3 is 2.55 bits per heavy atom. The van der Waals surface area contributed by atoms with Crippen LogP contribution in [0.4, 0.5) is 0 Å². The first kappa shape index (κ1) is 18.7. The summed E-state index contributed by atoms with van der Waals surface area (Å²) in [6.07, 6.45) is 0. The number of halogens is 1. The van der Waals surface area contributed by atoms with Crippen molar-refractivity contribution in [2.75, 3.05) is 6.61 Å². The molecule has 114 valence electrons. The number of ether oxygens (including phenoxy) is 1. The Morgan fingerprint density at radius 1 is 1.35 bits per heavy atom. The van der Waals surface area contributed by atoms with Crippen LogP contribution in [0, 0.1) is 5.92 Å². The van der Waals surface area contributed by atoms with Crippen LogP contribution in [0.25, 0.3) is 0 Å². The fourth-order valence-corrected chi connectivity index (χ4v) is 1.71. The average molecular weight is 301 g/mol. The van der Waals surface area contributed by atoms with Crippen molar-refractivity contribution in [1.82, 2.24) is 5.32 Å². The van der Waals surface area contributed by atoms with Crippen molar-refractivity contribution >= 4 is 18.3 Å². The van der Waals surface area contributed by atoms with Gasteiger partial charge in [0.15, 0.2) is 0 Å². The van der Waals surface area contributed by atoms with E-state index < -0.39 is 0 Å². The van der Waals surface area contributed by atoms with Crippen molar-refractivity contribution in [3.05, 3.63) is 29.8 Å². The van der Waals surface area contributed by atoms with Crippen LogP contribution in [0.5, 0.6) is 5.75 Å². The lowest BCUT2D eigenvalue weighted by Gasteiger charge is -2.20. The number of carbonyl (C=O) groups is 1. The van der Waals surface area contributed by atoms with Gasteiger partial charge in [0.2, 0.25) is 5.91 Å². The van der Waals surface area contributed by atoms with E-state index in [1.54, 1.807) is 0 Å². The zero-order chi connectivity index (χ0) is 14.4. The van der Waals surface area contributed by atoms with Gasteiger partial charge in [0.25, 0.3) is 0 Å². The van der Waals surface area contributed by atoms with E-state index in [1.807, 2.05) is 52.0 Å². The zero-order valence-electron chi connectivity index (χ0n) is 12.6. The molecule has 0 radical (unpaired) electrons. The summed E-state index contributed by atoms with van der Waals surface area (Å²) < 4.78 is 5.45. The minimum absolute atomic E-state index is 0. The molecule has 20 heavy (non-hydrogen) atoms. The van der Waals surface area contributed by atoms with Crippen LogP contribution in [0.3, 0.4) is 0 Å². The molecule has 1 amide bonds. The Labute approximate surface area is 127 Å². The Balaban J connectivity index is 0.00000361. The molecule has 3 N–H and O–H groups in total. The standard InChI is InChI=1S/C15H24N2O2.ClH/c1-5-19-14-8-6-7-13(9-14)12(4)17-15(18)10(2)11(3)16;/h6-12H,5,16H2,1-4H3,(H,17,18);1H. The summed E-state index contributed by atoms with van der Waals surface area (Å²) in [6, 6.07) is 7.55. The van der Waals surface area contributed by atoms with Gasteiger partial charge in [-0.1, -0.05) is 19.1 Å². The quantitative estimate of drug-likeness (QED) is 0.849. The first-order chi connectivity index (χ1) is 8.95. The molecule has 0 aliphatic rings. The lowest BCUT2D eigenvalue weighted by molar-refractivity contribution is -0.125. The summed E-state index contributed by atoms with van der Waals surface area (Å²) in [5, 5.41) is 2.97. The second-order valence-electron chi connectivity index (χ2n) is 4.88. The maximum absolute atomic E-state index is 12.0. The molecule has 0 aliphatic carbocycles. The first-order valence-corrected chi connectivity index (χ1v) is 6.74. The van der Waals surface area contributed by atoms with E-state index in [9.17, 15) is 4.79 Å². The van der Waals surface area contributed by atoms with E-state index >= 15 is 0 Å². The smallest absolute Gasteiger partial charge is 0.224 e. The Morgan fingerprint density at radius 2 is 2.00 bits per heavy atom. The highest BCUT2D eigenvalue weighted by atomic mass is 35.5. The predicted molar refractivity (Wildman–Crippen MR) is 84.2 cm³/mol. The topological polar surface area (TPSA) is 64.3 Å². The molecular formula is C15H25ClN2O2. The van der Waals surface area contributed by atoms with Gasteiger partial charge in [-0.3, -0.25) is 4.79 Å². The van der Waals surface area contributed by atoms with Crippen LogP contribution >= 0.6 is 12.4 Å². The fraction of sp³-hybridized carbons (Fsp3) is 0.533. The molecule has 0 saturated carbocycles. The SMILES string of the molecule is CCOc1cccc(C(C)NC(=O)C(C)C(C)N)c1.Cl. The molecule has 3 unspecified atom stereocenters. The van der Waals surface area contributed by atoms with Crippen molar-refractivity contribution < 1.29 is 9.53 Å². The molecule has 1 aromatic rings. The number of rotatable bonds is 6. The number of hydrogen-bond donors (Lipinski definition) is 2. The number of amides is 1. The van der Waals surface area contributed by atoms with E-state index in [0.717, 1.165) is 11.3 Å². The molecule has 4 nitrogen and oxygen atoms in total. The van der Waals surface area contributed by atoms with Crippen LogP contribution in [0.2, 0.25) is 0 Å². The number of carbonyl (C=O) groups excluding carboxylic acids is 1. The van der Waals surface area contributed by atoms with Crippen molar-refractivity contribution in [3.63, 3.8) is 0 Å². The van der Waals surface area contributed by atoms with Gasteiger partial charge >= 0.3 is 0 Å². The molecule has 3 atom stereocenters. The van der Waals surface area contributed by atoms with Gasteiger partial charge in [-0.2, -0.15) is 0 Å². The number of nitrogens with two attached hydrogens (primary N) is 1. The third-order valence-electron chi connectivity index (χ3n) is 3.23. The Bertz CT molecular complexity index is 424. The van der Waals surface area contributed by atoms with Crippen LogP contribution in [0.15, 0.2) is 24.3 Å². The molecule has 0 heterocycles. The molecule has 0 aliphatic heterocycles. The molecule has 0 aromatic heterocycles. The van der Waals surface area contributed by atoms with Crippen molar-refractivity contribution in [2.24, 2.45) is 11.7 Å². The van der Waals surface area contributed by atoms with E-state index in [4.69, 9.17) is 10.5 Å². The van der Waals surface area contributed by atoms with Gasteiger partial charge in [0.05, 0.1) is 12.6 Å². The van der Waals surface area contributed by atoms with Crippen LogP contribution < -0.4 is 15.8 Å². The molecule has 1 aromatic carbocycles. The van der Waals surface area contributed by atoms with E-state index in [0.29, 0.717) is 6.61 Å². The average Bonchev–Trinajstić information content (AvgIpc) is 2.38. The number of hydrogen-bond acceptors (Lipinski definition) is 3. The van der Waals surface area contributed by atoms with Crippen molar-refractivity contribution in [2.45, 2.75) is 39.8 Å². The van der Waals surface area contributed by atoms with Crippen LogP contribution in [-0.4, -0.2) is 18.6 Å². The van der Waals surface area contributed by atoms with Gasteiger partial charge in [-0.15, -0.1) is 12.4 Å². The monoisotopic (exact) mass is 300 g/mol. The van der Waals surface area contributed by atoms with Gasteiger partial charge in [-0.05, 0) is 38.5 Å². The highest BCUT2D eigenvalue weighted by Gasteiger charge is 2.19. The minimum Gasteiger partial charge on any atom is -0.494 e. The molecule has 1 rings (SSSR count). The third-order valence-corrected chi connectivity index (χ3v) is 3.23. The lowest BCUT2D eigenvalue weighted by atomic mass is 10.0. The summed E-state index contributed by atoms with van der Waals surface area (Å²) in [7, 11) is 0. The molecule has 0 saturated heterocycles.